The number of aliphatic hydroxyl groups is 1. The number of rotatable bonds is 4. The molecule has 0 aromatic heterocycles. The summed E-state index contributed by atoms with van der Waals surface area (Å²) >= 11 is 6.15. The second-order valence-electron chi connectivity index (χ2n) is 5.23. The molecule has 1 aromatic rings. The molecule has 2 atom stereocenters. The van der Waals surface area contributed by atoms with Crippen molar-refractivity contribution >= 4 is 11.6 Å². The predicted molar refractivity (Wildman–Crippen MR) is 74.2 cm³/mol. The van der Waals surface area contributed by atoms with Crippen molar-refractivity contribution in [2.75, 3.05) is 0 Å². The van der Waals surface area contributed by atoms with E-state index in [1.165, 1.54) is 0 Å². The molecule has 0 heterocycles. The Morgan fingerprint density at radius 2 is 2.06 bits per heavy atom. The third-order valence-corrected chi connectivity index (χ3v) is 4.73. The Morgan fingerprint density at radius 3 is 2.61 bits per heavy atom. The van der Waals surface area contributed by atoms with Crippen molar-refractivity contribution in [3.8, 4) is 5.75 Å². The van der Waals surface area contributed by atoms with Crippen molar-refractivity contribution in [3.05, 3.63) is 28.8 Å². The Kier molecular flexibility index (Phi) is 3.88. The molecule has 0 aliphatic heterocycles. The van der Waals surface area contributed by atoms with Crippen LogP contribution in [0.5, 0.6) is 5.75 Å². The van der Waals surface area contributed by atoms with Crippen LogP contribution in [0.2, 0.25) is 5.02 Å². The number of hydrogen-bond donors (Lipinski definition) is 1. The fourth-order valence-electron chi connectivity index (χ4n) is 2.92. The maximum absolute atomic E-state index is 10.0. The van der Waals surface area contributed by atoms with Gasteiger partial charge in [0, 0.05) is 11.8 Å². The normalized spacial score (nSPS) is 25.6. The smallest absolute Gasteiger partial charge is 0.138 e. The Balaban J connectivity index is 2.17. The van der Waals surface area contributed by atoms with Crippen molar-refractivity contribution in [3.63, 3.8) is 0 Å². The van der Waals surface area contributed by atoms with Gasteiger partial charge in [0.2, 0.25) is 0 Å². The highest BCUT2D eigenvalue weighted by atomic mass is 35.5. The summed E-state index contributed by atoms with van der Waals surface area (Å²) < 4.78 is 6.04. The van der Waals surface area contributed by atoms with Crippen molar-refractivity contribution in [1.82, 2.24) is 0 Å². The maximum Gasteiger partial charge on any atom is 0.138 e. The number of ether oxygens (including phenoxy) is 1. The first-order valence-electron chi connectivity index (χ1n) is 6.64. The summed E-state index contributed by atoms with van der Waals surface area (Å²) in [6, 6.07) is 5.79. The van der Waals surface area contributed by atoms with Crippen LogP contribution in [0, 0.1) is 12.3 Å². The van der Waals surface area contributed by atoms with Gasteiger partial charge in [0.15, 0.2) is 0 Å². The van der Waals surface area contributed by atoms with Crippen molar-refractivity contribution < 1.29 is 9.84 Å². The van der Waals surface area contributed by atoms with E-state index in [-0.39, 0.29) is 17.6 Å². The van der Waals surface area contributed by atoms with E-state index in [0.717, 1.165) is 24.2 Å². The van der Waals surface area contributed by atoms with Gasteiger partial charge in [0.05, 0.1) is 11.1 Å². The summed E-state index contributed by atoms with van der Waals surface area (Å²) in [6.45, 7) is 6.24. The summed E-state index contributed by atoms with van der Waals surface area (Å²) in [5.74, 6) is 0.736. The van der Waals surface area contributed by atoms with Crippen molar-refractivity contribution in [2.24, 2.45) is 5.41 Å². The van der Waals surface area contributed by atoms with Crippen LogP contribution in [0.15, 0.2) is 18.2 Å². The predicted octanol–water partition coefficient (Wildman–Crippen LogP) is 3.97. The minimum atomic E-state index is -0.249. The molecule has 100 valence electrons. The van der Waals surface area contributed by atoms with Gasteiger partial charge in [-0.05, 0) is 37.5 Å². The van der Waals surface area contributed by atoms with Crippen LogP contribution < -0.4 is 4.74 Å². The molecule has 1 aliphatic rings. The lowest BCUT2D eigenvalue weighted by Gasteiger charge is -2.52. The lowest BCUT2D eigenvalue weighted by atomic mass is 9.60. The third kappa shape index (κ3) is 2.12. The highest BCUT2D eigenvalue weighted by Gasteiger charge is 2.53. The lowest BCUT2D eigenvalue weighted by Crippen LogP contribution is -2.59. The average Bonchev–Trinajstić information content (AvgIpc) is 2.35. The topological polar surface area (TPSA) is 29.5 Å². The molecular weight excluding hydrogens is 248 g/mol. The van der Waals surface area contributed by atoms with Gasteiger partial charge < -0.3 is 9.84 Å². The number of benzene rings is 1. The second kappa shape index (κ2) is 5.10. The molecule has 1 fully saturated rings. The molecule has 3 heteroatoms. The lowest BCUT2D eigenvalue weighted by molar-refractivity contribution is -0.159. The first kappa shape index (κ1) is 13.7. The summed E-state index contributed by atoms with van der Waals surface area (Å²) in [6.07, 6.45) is 2.38. The molecule has 2 rings (SSSR count). The molecule has 1 N–H and O–H groups in total. The van der Waals surface area contributed by atoms with Crippen LogP contribution in [-0.2, 0) is 0 Å². The molecule has 1 aromatic carbocycles. The van der Waals surface area contributed by atoms with Gasteiger partial charge in [-0.3, -0.25) is 0 Å². The minimum Gasteiger partial charge on any atom is -0.488 e. The number of halogens is 1. The van der Waals surface area contributed by atoms with Crippen LogP contribution in [0.3, 0.4) is 0 Å². The van der Waals surface area contributed by atoms with E-state index in [4.69, 9.17) is 16.3 Å². The highest BCUT2D eigenvalue weighted by molar-refractivity contribution is 6.32. The fourth-order valence-corrected chi connectivity index (χ4v) is 3.08. The van der Waals surface area contributed by atoms with Gasteiger partial charge in [0.25, 0.3) is 0 Å². The molecule has 1 saturated carbocycles. The van der Waals surface area contributed by atoms with Gasteiger partial charge >= 0.3 is 0 Å². The van der Waals surface area contributed by atoms with E-state index in [1.54, 1.807) is 0 Å². The standard InChI is InChI=1S/C15H21ClO2/c1-4-15(5-2)13(17)9-14(15)18-12-8-10(3)6-7-11(12)16/h6-8,13-14,17H,4-5,9H2,1-3H3. The van der Waals surface area contributed by atoms with Gasteiger partial charge in [-0.15, -0.1) is 0 Å². The first-order valence-corrected chi connectivity index (χ1v) is 7.02. The van der Waals surface area contributed by atoms with E-state index in [2.05, 4.69) is 13.8 Å². The zero-order valence-corrected chi connectivity index (χ0v) is 12.0. The Morgan fingerprint density at radius 1 is 1.39 bits per heavy atom. The molecular formula is C15H21ClO2. The zero-order chi connectivity index (χ0) is 13.3. The molecule has 0 amide bonds. The van der Waals surface area contributed by atoms with Gasteiger partial charge in [-0.2, -0.15) is 0 Å². The second-order valence-corrected chi connectivity index (χ2v) is 5.64. The van der Waals surface area contributed by atoms with Gasteiger partial charge in [-0.1, -0.05) is 31.5 Å². The molecule has 18 heavy (non-hydrogen) atoms. The molecule has 1 aliphatic carbocycles. The van der Waals surface area contributed by atoms with Crippen LogP contribution in [0.1, 0.15) is 38.7 Å². The molecule has 0 bridgehead atoms. The monoisotopic (exact) mass is 268 g/mol. The van der Waals surface area contributed by atoms with Crippen LogP contribution in [0.25, 0.3) is 0 Å². The summed E-state index contributed by atoms with van der Waals surface area (Å²) in [5.41, 5.74) is 1.03. The van der Waals surface area contributed by atoms with E-state index in [1.807, 2.05) is 25.1 Å². The Labute approximate surface area is 114 Å². The maximum atomic E-state index is 10.0. The largest absolute Gasteiger partial charge is 0.488 e. The number of aliphatic hydroxyl groups excluding tert-OH is 1. The van der Waals surface area contributed by atoms with E-state index >= 15 is 0 Å². The summed E-state index contributed by atoms with van der Waals surface area (Å²) in [7, 11) is 0. The minimum absolute atomic E-state index is 0.0711. The van der Waals surface area contributed by atoms with Gasteiger partial charge in [-0.25, -0.2) is 0 Å². The quantitative estimate of drug-likeness (QED) is 0.895. The molecule has 2 unspecified atom stereocenters. The SMILES string of the molecule is CCC1(CC)C(O)CC1Oc1cc(C)ccc1Cl. The average molecular weight is 269 g/mol. The van der Waals surface area contributed by atoms with Crippen LogP contribution in [-0.4, -0.2) is 17.3 Å². The Hall–Kier alpha value is -0.730. The molecule has 0 radical (unpaired) electrons. The van der Waals surface area contributed by atoms with E-state index in [0.29, 0.717) is 11.4 Å². The van der Waals surface area contributed by atoms with E-state index in [9.17, 15) is 5.11 Å². The van der Waals surface area contributed by atoms with Crippen molar-refractivity contribution in [2.45, 2.75) is 52.2 Å². The number of aryl methyl sites for hydroxylation is 1. The molecule has 0 spiro atoms. The van der Waals surface area contributed by atoms with E-state index < -0.39 is 0 Å². The van der Waals surface area contributed by atoms with Crippen LogP contribution >= 0.6 is 11.6 Å². The summed E-state index contributed by atoms with van der Waals surface area (Å²) in [5, 5.41) is 10.7. The Bertz CT molecular complexity index is 427. The molecule has 2 nitrogen and oxygen atoms in total. The summed E-state index contributed by atoms with van der Waals surface area (Å²) in [4.78, 5) is 0. The fraction of sp³-hybridized carbons (Fsp3) is 0.600. The highest BCUT2D eigenvalue weighted by Crippen LogP contribution is 2.49. The van der Waals surface area contributed by atoms with Crippen molar-refractivity contribution in [1.29, 1.82) is 0 Å². The third-order valence-electron chi connectivity index (χ3n) is 4.41. The zero-order valence-electron chi connectivity index (χ0n) is 11.2. The number of hydrogen-bond acceptors (Lipinski definition) is 2. The van der Waals surface area contributed by atoms with Gasteiger partial charge in [0.1, 0.15) is 11.9 Å². The first-order chi connectivity index (χ1) is 8.53. The molecule has 0 saturated heterocycles. The van der Waals surface area contributed by atoms with Crippen LogP contribution in [0.4, 0.5) is 0 Å².